The van der Waals surface area contributed by atoms with E-state index >= 15 is 0 Å². The lowest BCUT2D eigenvalue weighted by molar-refractivity contribution is 0.483. The molecule has 33 heavy (non-hydrogen) atoms. The van der Waals surface area contributed by atoms with Gasteiger partial charge in [0.15, 0.2) is 5.82 Å². The van der Waals surface area contributed by atoms with Gasteiger partial charge in [-0.25, -0.2) is 4.98 Å². The molecule has 5 rings (SSSR count). The molecule has 2 aliphatic heterocycles. The first-order chi connectivity index (χ1) is 16.3. The molecule has 1 aromatic carbocycles. The first kappa shape index (κ1) is 23.3. The van der Waals surface area contributed by atoms with Crippen molar-refractivity contribution in [3.05, 3.63) is 30.5 Å². The fourth-order valence-electron chi connectivity index (χ4n) is 5.37. The summed E-state index contributed by atoms with van der Waals surface area (Å²) in [5.41, 5.74) is 7.73. The summed E-state index contributed by atoms with van der Waals surface area (Å²) in [6.07, 6.45) is 11.9. The number of aromatic nitrogens is 2. The fourth-order valence-corrected chi connectivity index (χ4v) is 5.37. The van der Waals surface area contributed by atoms with E-state index < -0.39 is 0 Å². The minimum Gasteiger partial charge on any atom is -0.372 e. The quantitative estimate of drug-likeness (QED) is 0.445. The molecule has 8 heteroatoms. The van der Waals surface area contributed by atoms with Gasteiger partial charge in [-0.3, -0.25) is 5.41 Å². The van der Waals surface area contributed by atoms with Gasteiger partial charge >= 0.3 is 0 Å². The third-order valence-corrected chi connectivity index (χ3v) is 7.04. The molecule has 3 aliphatic rings. The molecule has 2 fully saturated rings. The Morgan fingerprint density at radius 2 is 1.79 bits per heavy atom. The van der Waals surface area contributed by atoms with Crippen LogP contribution in [0.4, 0.5) is 28.8 Å². The van der Waals surface area contributed by atoms with E-state index in [1.807, 2.05) is 11.1 Å². The minimum absolute atomic E-state index is 0.375. The molecule has 0 radical (unpaired) electrons. The van der Waals surface area contributed by atoms with Crippen LogP contribution >= 0.6 is 0 Å². The second-order valence-corrected chi connectivity index (χ2v) is 8.96. The predicted octanol–water partition coefficient (Wildman–Crippen LogP) is 4.35. The van der Waals surface area contributed by atoms with Crippen LogP contribution in [-0.2, 0) is 0 Å². The average molecular weight is 451 g/mol. The highest BCUT2D eigenvalue weighted by Gasteiger charge is 2.36. The van der Waals surface area contributed by atoms with Crippen molar-refractivity contribution in [2.45, 2.75) is 64.0 Å². The number of anilines is 5. The van der Waals surface area contributed by atoms with E-state index in [2.05, 4.69) is 57.0 Å². The van der Waals surface area contributed by atoms with Gasteiger partial charge in [0.05, 0.1) is 12.5 Å². The molecule has 1 saturated carbocycles. The molecule has 1 aliphatic carbocycles. The second-order valence-electron chi connectivity index (χ2n) is 8.96. The summed E-state index contributed by atoms with van der Waals surface area (Å²) >= 11 is 0. The Labute approximate surface area is 197 Å². The first-order valence-corrected chi connectivity index (χ1v) is 12.4. The van der Waals surface area contributed by atoms with Gasteiger partial charge in [-0.1, -0.05) is 19.8 Å². The lowest BCUT2D eigenvalue weighted by Gasteiger charge is -2.44. The van der Waals surface area contributed by atoms with Crippen LogP contribution in [0.15, 0.2) is 30.5 Å². The Morgan fingerprint density at radius 1 is 1.09 bits per heavy atom. The van der Waals surface area contributed by atoms with Crippen LogP contribution in [0.1, 0.15) is 51.9 Å². The number of nitrogens with one attached hydrogen (secondary N) is 2. The van der Waals surface area contributed by atoms with Crippen LogP contribution < -0.4 is 25.8 Å². The summed E-state index contributed by atoms with van der Waals surface area (Å²) in [7, 11) is 1.50. The molecule has 8 nitrogen and oxygen atoms in total. The molecule has 4 N–H and O–H groups in total. The predicted molar refractivity (Wildman–Crippen MR) is 138 cm³/mol. The molecule has 1 aromatic heterocycles. The molecule has 3 heterocycles. The van der Waals surface area contributed by atoms with E-state index in [4.69, 9.17) is 10.4 Å². The third kappa shape index (κ3) is 4.90. The highest BCUT2D eigenvalue weighted by atomic mass is 15.4. The SMILES string of the molecule is CCC1CN(C=N)c2cnc(Nc3ccc(N4CCCC4)cc3)nc2N1C1CCCC1.CN. The maximum atomic E-state index is 7.90. The first-order valence-electron chi connectivity index (χ1n) is 12.4. The zero-order chi connectivity index (χ0) is 23.2. The Morgan fingerprint density at radius 3 is 2.42 bits per heavy atom. The highest BCUT2D eigenvalue weighted by Crippen LogP contribution is 2.39. The zero-order valence-electron chi connectivity index (χ0n) is 20.0. The van der Waals surface area contributed by atoms with Gasteiger partial charge in [0.1, 0.15) is 5.69 Å². The number of hydrogen-bond donors (Lipinski definition) is 3. The summed E-state index contributed by atoms with van der Waals surface area (Å²) in [5.74, 6) is 1.59. The van der Waals surface area contributed by atoms with Crippen molar-refractivity contribution in [2.75, 3.05) is 46.7 Å². The second kappa shape index (κ2) is 10.8. The highest BCUT2D eigenvalue weighted by molar-refractivity contribution is 5.86. The molecule has 0 bridgehead atoms. The summed E-state index contributed by atoms with van der Waals surface area (Å²) in [5, 5.41) is 11.3. The zero-order valence-corrected chi connectivity index (χ0v) is 20.0. The monoisotopic (exact) mass is 450 g/mol. The van der Waals surface area contributed by atoms with Gasteiger partial charge in [-0.2, -0.15) is 4.98 Å². The van der Waals surface area contributed by atoms with E-state index in [0.29, 0.717) is 18.0 Å². The van der Waals surface area contributed by atoms with Gasteiger partial charge in [-0.05, 0) is 63.4 Å². The van der Waals surface area contributed by atoms with Crippen molar-refractivity contribution in [3.63, 3.8) is 0 Å². The summed E-state index contributed by atoms with van der Waals surface area (Å²) < 4.78 is 0. The van der Waals surface area contributed by atoms with E-state index in [9.17, 15) is 0 Å². The third-order valence-electron chi connectivity index (χ3n) is 7.04. The molecule has 178 valence electrons. The maximum absolute atomic E-state index is 7.90. The minimum atomic E-state index is 0.375. The van der Waals surface area contributed by atoms with Gasteiger partial charge in [-0.15, -0.1) is 0 Å². The summed E-state index contributed by atoms with van der Waals surface area (Å²) in [6, 6.07) is 9.51. The molecular weight excluding hydrogens is 412 g/mol. The molecule has 1 atom stereocenters. The Balaban J connectivity index is 0.00000126. The number of rotatable bonds is 6. The summed E-state index contributed by atoms with van der Waals surface area (Å²) in [4.78, 5) is 16.5. The number of hydrogen-bond acceptors (Lipinski definition) is 7. The Hall–Kier alpha value is -2.87. The van der Waals surface area contributed by atoms with Gasteiger partial charge in [0, 0.05) is 43.1 Å². The van der Waals surface area contributed by atoms with Crippen LogP contribution in [-0.4, -0.2) is 55.1 Å². The van der Waals surface area contributed by atoms with Gasteiger partial charge in [0.2, 0.25) is 5.95 Å². The van der Waals surface area contributed by atoms with Crippen molar-refractivity contribution >= 4 is 35.2 Å². The van der Waals surface area contributed by atoms with Crippen molar-refractivity contribution in [1.82, 2.24) is 9.97 Å². The van der Waals surface area contributed by atoms with Crippen LogP contribution in [0.2, 0.25) is 0 Å². The fraction of sp³-hybridized carbons (Fsp3) is 0.560. The van der Waals surface area contributed by atoms with Crippen molar-refractivity contribution in [2.24, 2.45) is 5.73 Å². The lowest BCUT2D eigenvalue weighted by Crippen LogP contribution is -2.52. The largest absolute Gasteiger partial charge is 0.372 e. The van der Waals surface area contributed by atoms with E-state index in [1.165, 1.54) is 57.6 Å². The Kier molecular flexibility index (Phi) is 7.65. The van der Waals surface area contributed by atoms with Gasteiger partial charge in [0.25, 0.3) is 0 Å². The number of nitrogens with two attached hydrogens (primary N) is 1. The number of benzene rings is 1. The van der Waals surface area contributed by atoms with Crippen LogP contribution in [0.3, 0.4) is 0 Å². The lowest BCUT2D eigenvalue weighted by atomic mass is 10.0. The number of nitrogens with zero attached hydrogens (tertiary/aromatic N) is 5. The van der Waals surface area contributed by atoms with Crippen molar-refractivity contribution in [1.29, 1.82) is 5.41 Å². The molecule has 0 spiro atoms. The molecule has 2 aromatic rings. The normalized spacial score (nSPS) is 20.3. The summed E-state index contributed by atoms with van der Waals surface area (Å²) in [6.45, 7) is 5.37. The van der Waals surface area contributed by atoms with Crippen LogP contribution in [0, 0.1) is 5.41 Å². The van der Waals surface area contributed by atoms with E-state index in [1.54, 1.807) is 0 Å². The van der Waals surface area contributed by atoms with E-state index in [-0.39, 0.29) is 0 Å². The molecule has 1 saturated heterocycles. The molecule has 1 unspecified atom stereocenters. The average Bonchev–Trinajstić information content (AvgIpc) is 3.59. The van der Waals surface area contributed by atoms with Gasteiger partial charge < -0.3 is 25.8 Å². The maximum Gasteiger partial charge on any atom is 0.229 e. The molecular formula is C25H38N8. The standard InChI is InChI=1S/C24H33N7.CH5N/c1-2-19-16-30(17-25)22-15-26-24(28-23(22)31(19)21-7-3-4-8-21)27-18-9-11-20(12-10-18)29-13-5-6-14-29;1-2/h9-12,15,17,19,21,25H,2-8,13-14,16H2,1H3,(H,26,27,28);2H2,1H3. The van der Waals surface area contributed by atoms with Crippen molar-refractivity contribution < 1.29 is 0 Å². The van der Waals surface area contributed by atoms with Crippen LogP contribution in [0.5, 0.6) is 0 Å². The molecule has 0 amide bonds. The van der Waals surface area contributed by atoms with Crippen molar-refractivity contribution in [3.8, 4) is 0 Å². The smallest absolute Gasteiger partial charge is 0.229 e. The van der Waals surface area contributed by atoms with E-state index in [0.717, 1.165) is 43.2 Å². The van der Waals surface area contributed by atoms with Crippen LogP contribution in [0.25, 0.3) is 0 Å². The Bertz CT molecular complexity index is 903. The topological polar surface area (TPSA) is 97.4 Å². The number of fused-ring (bicyclic) bond motifs is 1.